The lowest BCUT2D eigenvalue weighted by Gasteiger charge is -2.30. The number of hydrogen-bond donors (Lipinski definition) is 2. The van der Waals surface area contributed by atoms with Crippen molar-refractivity contribution in [3.8, 4) is 0 Å². The van der Waals surface area contributed by atoms with Gasteiger partial charge in [-0.05, 0) is 45.9 Å². The Hall–Kier alpha value is -0.0800. The first-order valence-electron chi connectivity index (χ1n) is 8.97. The zero-order chi connectivity index (χ0) is 16.5. The molecule has 5 nitrogen and oxygen atoms in total. The third kappa shape index (κ3) is 7.56. The van der Waals surface area contributed by atoms with Crippen LogP contribution in [0, 0.1) is 5.92 Å². The van der Waals surface area contributed by atoms with Gasteiger partial charge in [0.2, 0.25) is 0 Å². The Morgan fingerprint density at radius 3 is 2.48 bits per heavy atom. The molecule has 1 aliphatic heterocycles. The zero-order valence-corrected chi connectivity index (χ0v) is 18.0. The molecule has 0 aromatic heterocycles. The topological polar surface area (TPSA) is 56.9 Å². The van der Waals surface area contributed by atoms with Crippen molar-refractivity contribution in [2.24, 2.45) is 16.6 Å². The van der Waals surface area contributed by atoms with Gasteiger partial charge < -0.3 is 16.0 Å². The number of guanidine groups is 1. The van der Waals surface area contributed by atoms with Gasteiger partial charge in [-0.3, -0.25) is 9.89 Å². The van der Waals surface area contributed by atoms with Crippen LogP contribution in [0.1, 0.15) is 46.5 Å². The molecule has 1 heterocycles. The SMILES string of the molecule is CCC(CC)C(CN=C(N)NCC1CCCN1CC)N(C)C.I. The van der Waals surface area contributed by atoms with Crippen molar-refractivity contribution < 1.29 is 0 Å². The number of rotatable bonds is 9. The van der Waals surface area contributed by atoms with Crippen LogP contribution in [-0.4, -0.2) is 68.1 Å². The highest BCUT2D eigenvalue weighted by Crippen LogP contribution is 2.17. The number of likely N-dealkylation sites (tertiary alicyclic amines) is 1. The molecule has 0 saturated carbocycles. The lowest BCUT2D eigenvalue weighted by atomic mass is 9.93. The third-order valence-corrected chi connectivity index (χ3v) is 5.13. The maximum Gasteiger partial charge on any atom is 0.188 e. The molecule has 138 valence electrons. The summed E-state index contributed by atoms with van der Waals surface area (Å²) in [6, 6.07) is 1.08. The summed E-state index contributed by atoms with van der Waals surface area (Å²) < 4.78 is 0. The van der Waals surface area contributed by atoms with E-state index in [4.69, 9.17) is 5.73 Å². The number of halogens is 1. The molecule has 1 fully saturated rings. The average molecular weight is 439 g/mol. The molecule has 3 N–H and O–H groups in total. The first kappa shape index (κ1) is 22.9. The molecule has 2 unspecified atom stereocenters. The molecular formula is C17H38IN5. The first-order chi connectivity index (χ1) is 10.5. The Morgan fingerprint density at radius 2 is 1.96 bits per heavy atom. The molecule has 1 rings (SSSR count). The number of nitrogens with two attached hydrogens (primary N) is 1. The fourth-order valence-corrected chi connectivity index (χ4v) is 3.58. The van der Waals surface area contributed by atoms with Gasteiger partial charge in [-0.2, -0.15) is 0 Å². The smallest absolute Gasteiger partial charge is 0.188 e. The number of likely N-dealkylation sites (N-methyl/N-ethyl adjacent to an activating group) is 2. The molecule has 0 radical (unpaired) electrons. The molecule has 23 heavy (non-hydrogen) atoms. The van der Waals surface area contributed by atoms with Crippen molar-refractivity contribution in [3.05, 3.63) is 0 Å². The van der Waals surface area contributed by atoms with E-state index in [1.165, 1.54) is 32.2 Å². The molecule has 2 atom stereocenters. The molecule has 0 amide bonds. The van der Waals surface area contributed by atoms with Crippen molar-refractivity contribution in [2.45, 2.75) is 58.5 Å². The predicted molar refractivity (Wildman–Crippen MR) is 112 cm³/mol. The van der Waals surface area contributed by atoms with Crippen LogP contribution in [0.2, 0.25) is 0 Å². The Morgan fingerprint density at radius 1 is 1.30 bits per heavy atom. The fraction of sp³-hybridized carbons (Fsp3) is 0.941. The van der Waals surface area contributed by atoms with Gasteiger partial charge in [-0.25, -0.2) is 0 Å². The largest absolute Gasteiger partial charge is 0.370 e. The van der Waals surface area contributed by atoms with Crippen LogP contribution < -0.4 is 11.1 Å². The highest BCUT2D eigenvalue weighted by Gasteiger charge is 2.23. The van der Waals surface area contributed by atoms with Gasteiger partial charge in [-0.1, -0.05) is 33.6 Å². The quantitative estimate of drug-likeness (QED) is 0.329. The molecule has 1 saturated heterocycles. The second-order valence-corrected chi connectivity index (χ2v) is 6.64. The van der Waals surface area contributed by atoms with E-state index < -0.39 is 0 Å². The van der Waals surface area contributed by atoms with E-state index in [0.29, 0.717) is 24.0 Å². The van der Waals surface area contributed by atoms with Crippen LogP contribution in [0.25, 0.3) is 0 Å². The molecule has 0 aromatic carbocycles. The van der Waals surface area contributed by atoms with Crippen molar-refractivity contribution in [1.29, 1.82) is 0 Å². The van der Waals surface area contributed by atoms with E-state index in [1.54, 1.807) is 0 Å². The Labute approximate surface area is 160 Å². The Kier molecular flexibility index (Phi) is 12.3. The number of hydrogen-bond acceptors (Lipinski definition) is 3. The van der Waals surface area contributed by atoms with Crippen LogP contribution in [0.4, 0.5) is 0 Å². The predicted octanol–water partition coefficient (Wildman–Crippen LogP) is 2.36. The highest BCUT2D eigenvalue weighted by molar-refractivity contribution is 14.0. The first-order valence-corrected chi connectivity index (χ1v) is 8.97. The van der Waals surface area contributed by atoms with Crippen molar-refractivity contribution in [3.63, 3.8) is 0 Å². The van der Waals surface area contributed by atoms with E-state index in [1.807, 2.05) is 0 Å². The summed E-state index contributed by atoms with van der Waals surface area (Å²) >= 11 is 0. The second-order valence-electron chi connectivity index (χ2n) is 6.64. The molecule has 0 spiro atoms. The van der Waals surface area contributed by atoms with Crippen LogP contribution >= 0.6 is 24.0 Å². The number of nitrogens with zero attached hydrogens (tertiary/aromatic N) is 3. The molecule has 0 aromatic rings. The van der Waals surface area contributed by atoms with E-state index in [0.717, 1.165) is 19.6 Å². The van der Waals surface area contributed by atoms with Crippen LogP contribution in [-0.2, 0) is 0 Å². The maximum absolute atomic E-state index is 6.07. The van der Waals surface area contributed by atoms with Gasteiger partial charge in [0.05, 0.1) is 6.54 Å². The van der Waals surface area contributed by atoms with Gasteiger partial charge in [-0.15, -0.1) is 24.0 Å². The lowest BCUT2D eigenvalue weighted by Crippen LogP contribution is -2.44. The molecule has 1 aliphatic rings. The van der Waals surface area contributed by atoms with E-state index in [2.05, 4.69) is 55.0 Å². The van der Waals surface area contributed by atoms with E-state index in [9.17, 15) is 0 Å². The van der Waals surface area contributed by atoms with Gasteiger partial charge in [0.25, 0.3) is 0 Å². The Bertz CT molecular complexity index is 331. The lowest BCUT2D eigenvalue weighted by molar-refractivity contribution is 0.206. The summed E-state index contributed by atoms with van der Waals surface area (Å²) in [4.78, 5) is 9.40. The minimum absolute atomic E-state index is 0. The summed E-state index contributed by atoms with van der Waals surface area (Å²) in [5.41, 5.74) is 6.07. The fourth-order valence-electron chi connectivity index (χ4n) is 3.58. The van der Waals surface area contributed by atoms with Crippen LogP contribution in [0.15, 0.2) is 4.99 Å². The third-order valence-electron chi connectivity index (χ3n) is 5.13. The molecular weight excluding hydrogens is 401 g/mol. The van der Waals surface area contributed by atoms with Crippen LogP contribution in [0.5, 0.6) is 0 Å². The zero-order valence-electron chi connectivity index (χ0n) is 15.7. The summed E-state index contributed by atoms with van der Waals surface area (Å²) in [6.45, 7) is 10.8. The monoisotopic (exact) mass is 439 g/mol. The minimum Gasteiger partial charge on any atom is -0.370 e. The summed E-state index contributed by atoms with van der Waals surface area (Å²) in [5.74, 6) is 1.28. The van der Waals surface area contributed by atoms with Crippen molar-refractivity contribution in [2.75, 3.05) is 40.3 Å². The molecule has 0 bridgehead atoms. The number of aliphatic imine (C=N–C) groups is 1. The van der Waals surface area contributed by atoms with Gasteiger partial charge in [0.1, 0.15) is 0 Å². The highest BCUT2D eigenvalue weighted by atomic mass is 127. The van der Waals surface area contributed by atoms with E-state index >= 15 is 0 Å². The van der Waals surface area contributed by atoms with Crippen molar-refractivity contribution in [1.82, 2.24) is 15.1 Å². The maximum atomic E-state index is 6.07. The standard InChI is InChI=1S/C17H37N5.HI/c1-6-14(7-2)16(21(4)5)13-20-17(18)19-12-15-10-9-11-22(15)8-3;/h14-16H,6-13H2,1-5H3,(H3,18,19,20);1H. The summed E-state index contributed by atoms with van der Waals surface area (Å²) in [6.07, 6.45) is 4.95. The van der Waals surface area contributed by atoms with E-state index in [-0.39, 0.29) is 24.0 Å². The Balaban J connectivity index is 0.00000484. The summed E-state index contributed by atoms with van der Waals surface area (Å²) in [7, 11) is 4.28. The summed E-state index contributed by atoms with van der Waals surface area (Å²) in [5, 5.41) is 3.33. The van der Waals surface area contributed by atoms with Crippen molar-refractivity contribution >= 4 is 29.9 Å². The van der Waals surface area contributed by atoms with Gasteiger partial charge in [0, 0.05) is 18.6 Å². The normalized spacial score (nSPS) is 20.8. The number of nitrogens with one attached hydrogen (secondary N) is 1. The van der Waals surface area contributed by atoms with Gasteiger partial charge >= 0.3 is 0 Å². The molecule has 0 aliphatic carbocycles. The van der Waals surface area contributed by atoms with Crippen LogP contribution in [0.3, 0.4) is 0 Å². The average Bonchev–Trinajstić information content (AvgIpc) is 2.96. The minimum atomic E-state index is 0. The molecule has 6 heteroatoms. The second kappa shape index (κ2) is 12.3. The van der Waals surface area contributed by atoms with Gasteiger partial charge in [0.15, 0.2) is 5.96 Å².